The normalized spacial score (nSPS) is 13.9. The Bertz CT molecular complexity index is 1160. The minimum absolute atomic E-state index is 0.146. The maximum atomic E-state index is 12.5. The van der Waals surface area contributed by atoms with Gasteiger partial charge in [-0.25, -0.2) is 18.4 Å². The molecule has 1 aliphatic heterocycles. The van der Waals surface area contributed by atoms with Crippen LogP contribution in [0.3, 0.4) is 0 Å². The van der Waals surface area contributed by atoms with Crippen molar-refractivity contribution in [2.45, 2.75) is 25.5 Å². The van der Waals surface area contributed by atoms with Crippen LogP contribution < -0.4 is 14.9 Å². The Labute approximate surface area is 187 Å². The summed E-state index contributed by atoms with van der Waals surface area (Å²) in [4.78, 5) is 11.3. The third-order valence-corrected chi connectivity index (χ3v) is 6.43. The maximum Gasteiger partial charge on any atom is 0.236 e. The molecule has 0 aliphatic carbocycles. The summed E-state index contributed by atoms with van der Waals surface area (Å²) < 4.78 is 27.5. The first-order valence-corrected chi connectivity index (χ1v) is 12.1. The Morgan fingerprint density at radius 1 is 1.00 bits per heavy atom. The molecule has 0 saturated carbocycles. The van der Waals surface area contributed by atoms with E-state index >= 15 is 0 Å². The molecule has 31 heavy (non-hydrogen) atoms. The summed E-state index contributed by atoms with van der Waals surface area (Å²) >= 11 is 5.94. The number of hydrogen-bond donors (Lipinski definition) is 2. The van der Waals surface area contributed by atoms with Crippen LogP contribution in [0.15, 0.2) is 54.6 Å². The van der Waals surface area contributed by atoms with E-state index in [1.807, 2.05) is 25.1 Å². The number of anilines is 4. The lowest BCUT2D eigenvalue weighted by molar-refractivity contribution is 0.600. The van der Waals surface area contributed by atoms with Crippen LogP contribution in [-0.4, -0.2) is 31.5 Å². The van der Waals surface area contributed by atoms with E-state index in [4.69, 9.17) is 11.6 Å². The van der Waals surface area contributed by atoms with Gasteiger partial charge in [-0.15, -0.1) is 0 Å². The second-order valence-corrected chi connectivity index (χ2v) is 9.70. The van der Waals surface area contributed by atoms with E-state index < -0.39 is 10.0 Å². The molecule has 2 aromatic carbocycles. The number of nitrogens with one attached hydrogen (secondary N) is 2. The van der Waals surface area contributed by atoms with E-state index in [0.29, 0.717) is 27.9 Å². The highest BCUT2D eigenvalue weighted by atomic mass is 35.5. The second kappa shape index (κ2) is 9.11. The molecule has 0 atom stereocenters. The molecule has 1 saturated heterocycles. The predicted octanol–water partition coefficient (Wildman–Crippen LogP) is 4.72. The highest BCUT2D eigenvalue weighted by molar-refractivity contribution is 7.91. The van der Waals surface area contributed by atoms with Crippen molar-refractivity contribution >= 4 is 44.6 Å². The molecule has 2 heterocycles. The monoisotopic (exact) mass is 457 g/mol. The van der Waals surface area contributed by atoms with Crippen molar-refractivity contribution in [3.05, 3.63) is 71.0 Å². The summed E-state index contributed by atoms with van der Waals surface area (Å²) in [5.41, 5.74) is 1.93. The summed E-state index contributed by atoms with van der Waals surface area (Å²) in [6.07, 6.45) is 2.36. The Morgan fingerprint density at radius 3 is 2.42 bits per heavy atom. The van der Waals surface area contributed by atoms with Crippen molar-refractivity contribution in [1.29, 1.82) is 0 Å². The smallest absolute Gasteiger partial charge is 0.236 e. The molecule has 0 amide bonds. The van der Waals surface area contributed by atoms with Crippen molar-refractivity contribution in [3.63, 3.8) is 0 Å². The molecule has 2 N–H and O–H groups in total. The average molecular weight is 458 g/mol. The minimum atomic E-state index is -3.55. The Balaban J connectivity index is 1.42. The molecule has 1 aromatic heterocycles. The van der Waals surface area contributed by atoms with Crippen LogP contribution in [0.4, 0.5) is 23.0 Å². The minimum Gasteiger partial charge on any atom is -0.356 e. The first kappa shape index (κ1) is 21.4. The molecular formula is C22H24ClN5O2S. The number of hydrogen-bond acceptors (Lipinski definition) is 6. The highest BCUT2D eigenvalue weighted by Gasteiger charge is 2.15. The average Bonchev–Trinajstić information content (AvgIpc) is 3.23. The van der Waals surface area contributed by atoms with Gasteiger partial charge in [-0.1, -0.05) is 23.7 Å². The standard InChI is InChI=1S/C22H24ClN5O2S/c1-16-24-21(14-22(25-16)28-11-2-3-12-28)26-19-7-9-20(10-8-19)27-31(29,30)15-17-5-4-6-18(23)13-17/h4-10,13-14,27H,2-3,11-12,15H2,1H3,(H,24,25,26). The van der Waals surface area contributed by atoms with Gasteiger partial charge < -0.3 is 10.2 Å². The maximum absolute atomic E-state index is 12.5. The fraction of sp³-hybridized carbons (Fsp3) is 0.273. The van der Waals surface area contributed by atoms with Gasteiger partial charge in [0.1, 0.15) is 17.5 Å². The van der Waals surface area contributed by atoms with Gasteiger partial charge in [-0.3, -0.25) is 4.72 Å². The molecule has 1 aliphatic rings. The predicted molar refractivity (Wildman–Crippen MR) is 126 cm³/mol. The number of aromatic nitrogens is 2. The molecule has 4 rings (SSSR count). The lowest BCUT2D eigenvalue weighted by atomic mass is 10.2. The molecule has 9 heteroatoms. The van der Waals surface area contributed by atoms with Gasteiger partial charge in [-0.2, -0.15) is 0 Å². The van der Waals surface area contributed by atoms with Gasteiger partial charge in [-0.05, 0) is 61.7 Å². The van der Waals surface area contributed by atoms with Crippen LogP contribution >= 0.6 is 11.6 Å². The number of sulfonamides is 1. The first-order chi connectivity index (χ1) is 14.9. The molecule has 162 valence electrons. The van der Waals surface area contributed by atoms with E-state index in [1.54, 1.807) is 36.4 Å². The quantitative estimate of drug-likeness (QED) is 0.533. The van der Waals surface area contributed by atoms with Crippen LogP contribution in [0.5, 0.6) is 0 Å². The third-order valence-electron chi connectivity index (χ3n) is 4.93. The number of benzene rings is 2. The molecular weight excluding hydrogens is 434 g/mol. The molecule has 3 aromatic rings. The van der Waals surface area contributed by atoms with Gasteiger partial charge in [0.05, 0.1) is 5.75 Å². The zero-order valence-corrected chi connectivity index (χ0v) is 18.7. The van der Waals surface area contributed by atoms with Crippen molar-refractivity contribution in [3.8, 4) is 0 Å². The van der Waals surface area contributed by atoms with Crippen molar-refractivity contribution in [2.75, 3.05) is 28.0 Å². The molecule has 0 radical (unpaired) electrons. The van der Waals surface area contributed by atoms with Crippen molar-refractivity contribution in [2.24, 2.45) is 0 Å². The number of nitrogens with zero attached hydrogens (tertiary/aromatic N) is 3. The van der Waals surface area contributed by atoms with Gasteiger partial charge in [0.15, 0.2) is 0 Å². The first-order valence-electron chi connectivity index (χ1n) is 10.1. The molecule has 0 bridgehead atoms. The van der Waals surface area contributed by atoms with Gasteiger partial charge in [0.2, 0.25) is 10.0 Å². The SMILES string of the molecule is Cc1nc(Nc2ccc(NS(=O)(=O)Cc3cccc(Cl)c3)cc2)cc(N2CCCC2)n1. The molecule has 0 unspecified atom stereocenters. The van der Waals surface area contributed by atoms with E-state index in [2.05, 4.69) is 24.9 Å². The molecule has 1 fully saturated rings. The van der Waals surface area contributed by atoms with Crippen molar-refractivity contribution in [1.82, 2.24) is 9.97 Å². The Hall–Kier alpha value is -2.84. The van der Waals surface area contributed by atoms with E-state index in [-0.39, 0.29) is 5.75 Å². The summed E-state index contributed by atoms with van der Waals surface area (Å²) in [7, 11) is -3.55. The summed E-state index contributed by atoms with van der Waals surface area (Å²) in [6, 6.07) is 15.8. The largest absolute Gasteiger partial charge is 0.356 e. The van der Waals surface area contributed by atoms with E-state index in [0.717, 1.165) is 24.6 Å². The zero-order valence-electron chi connectivity index (χ0n) is 17.2. The fourth-order valence-corrected chi connectivity index (χ4v) is 4.95. The molecule has 0 spiro atoms. The second-order valence-electron chi connectivity index (χ2n) is 7.55. The van der Waals surface area contributed by atoms with Gasteiger partial charge >= 0.3 is 0 Å². The van der Waals surface area contributed by atoms with E-state index in [9.17, 15) is 8.42 Å². The lowest BCUT2D eigenvalue weighted by Crippen LogP contribution is -2.19. The summed E-state index contributed by atoms with van der Waals surface area (Å²) in [5, 5.41) is 3.79. The number of halogens is 1. The number of rotatable bonds is 7. The zero-order chi connectivity index (χ0) is 21.8. The topological polar surface area (TPSA) is 87.2 Å². The molecule has 7 nitrogen and oxygen atoms in total. The Morgan fingerprint density at radius 2 is 1.71 bits per heavy atom. The van der Waals surface area contributed by atoms with Crippen LogP contribution in [0.25, 0.3) is 0 Å². The lowest BCUT2D eigenvalue weighted by Gasteiger charge is -2.18. The highest BCUT2D eigenvalue weighted by Crippen LogP contribution is 2.24. The summed E-state index contributed by atoms with van der Waals surface area (Å²) in [5.74, 6) is 2.20. The van der Waals surface area contributed by atoms with Crippen LogP contribution in [-0.2, 0) is 15.8 Å². The van der Waals surface area contributed by atoms with Crippen LogP contribution in [0.1, 0.15) is 24.2 Å². The third kappa shape index (κ3) is 5.86. The van der Waals surface area contributed by atoms with Gasteiger partial charge in [0, 0.05) is 35.6 Å². The summed E-state index contributed by atoms with van der Waals surface area (Å²) in [6.45, 7) is 3.91. The van der Waals surface area contributed by atoms with E-state index in [1.165, 1.54) is 12.8 Å². The number of aryl methyl sites for hydroxylation is 1. The van der Waals surface area contributed by atoms with Crippen LogP contribution in [0, 0.1) is 6.92 Å². The fourth-order valence-electron chi connectivity index (χ4n) is 3.56. The van der Waals surface area contributed by atoms with Crippen molar-refractivity contribution < 1.29 is 8.42 Å². The Kier molecular flexibility index (Phi) is 6.29. The van der Waals surface area contributed by atoms with Gasteiger partial charge in [0.25, 0.3) is 0 Å². The van der Waals surface area contributed by atoms with Crippen LogP contribution in [0.2, 0.25) is 5.02 Å².